The lowest BCUT2D eigenvalue weighted by atomic mass is 10.1. The number of nitrogens with zero attached hydrogens (tertiary/aromatic N) is 4. The van der Waals surface area contributed by atoms with E-state index >= 15 is 0 Å². The fraction of sp³-hybridized carbons (Fsp3) is 0.150. The fourth-order valence-corrected chi connectivity index (χ4v) is 3.37. The van der Waals surface area contributed by atoms with Gasteiger partial charge < -0.3 is 0 Å². The van der Waals surface area contributed by atoms with Gasteiger partial charge in [0, 0.05) is 4.47 Å². The Morgan fingerprint density at radius 3 is 2.42 bits per heavy atom. The van der Waals surface area contributed by atoms with Gasteiger partial charge in [0.05, 0.1) is 18.4 Å². The lowest BCUT2D eigenvalue weighted by molar-refractivity contribution is 0.745. The Kier molecular flexibility index (Phi) is 4.20. The van der Waals surface area contributed by atoms with Gasteiger partial charge in [-0.1, -0.05) is 34.1 Å². The minimum Gasteiger partial charge on any atom is -0.294 e. The van der Waals surface area contributed by atoms with Crippen LogP contribution in [0.4, 0.5) is 0 Å². The molecule has 4 aromatic rings. The molecule has 0 N–H and O–H groups in total. The van der Waals surface area contributed by atoms with Gasteiger partial charge >= 0.3 is 0 Å². The van der Waals surface area contributed by atoms with Crippen molar-refractivity contribution in [3.05, 3.63) is 86.5 Å². The van der Waals surface area contributed by atoms with E-state index in [0.29, 0.717) is 17.6 Å². The number of halogens is 1. The first kappa shape index (κ1) is 16.7. The third-order valence-electron chi connectivity index (χ3n) is 4.27. The molecule has 0 aliphatic heterocycles. The summed E-state index contributed by atoms with van der Waals surface area (Å²) < 4.78 is 4.34. The number of rotatable bonds is 3. The maximum atomic E-state index is 12.8. The van der Waals surface area contributed by atoms with Gasteiger partial charge in [-0.25, -0.2) is 9.67 Å². The third kappa shape index (κ3) is 3.08. The van der Waals surface area contributed by atoms with Crippen molar-refractivity contribution < 1.29 is 0 Å². The Morgan fingerprint density at radius 2 is 1.73 bits per heavy atom. The fourth-order valence-electron chi connectivity index (χ4n) is 3.11. The van der Waals surface area contributed by atoms with Crippen LogP contribution < -0.4 is 5.56 Å². The van der Waals surface area contributed by atoms with Gasteiger partial charge in [0.15, 0.2) is 5.65 Å². The average Bonchev–Trinajstić information content (AvgIpc) is 3.03. The Hall–Kier alpha value is -2.73. The summed E-state index contributed by atoms with van der Waals surface area (Å²) in [5.74, 6) is 0. The molecule has 0 fully saturated rings. The Bertz CT molecular complexity index is 1140. The summed E-state index contributed by atoms with van der Waals surface area (Å²) in [6, 6.07) is 14.1. The largest absolute Gasteiger partial charge is 0.294 e. The van der Waals surface area contributed by atoms with Gasteiger partial charge in [0.1, 0.15) is 11.7 Å². The monoisotopic (exact) mass is 408 g/mol. The molecule has 4 rings (SSSR count). The average molecular weight is 409 g/mol. The maximum absolute atomic E-state index is 12.8. The van der Waals surface area contributed by atoms with Crippen LogP contribution in [0.3, 0.4) is 0 Å². The SMILES string of the molecule is Cc1cc(C)cc(-n2ncc3c(=O)n(Cc4ccc(Br)cc4)cnc32)c1. The second kappa shape index (κ2) is 6.53. The van der Waals surface area contributed by atoms with Crippen molar-refractivity contribution in [3.63, 3.8) is 0 Å². The summed E-state index contributed by atoms with van der Waals surface area (Å²) in [6.45, 7) is 4.56. The predicted molar refractivity (Wildman–Crippen MR) is 106 cm³/mol. The molecule has 26 heavy (non-hydrogen) atoms. The van der Waals surface area contributed by atoms with Crippen molar-refractivity contribution in [1.29, 1.82) is 0 Å². The molecule has 0 aliphatic rings. The molecule has 0 spiro atoms. The van der Waals surface area contributed by atoms with Gasteiger partial charge in [-0.05, 0) is 54.8 Å². The standard InChI is InChI=1S/C20H17BrN4O/c1-13-7-14(2)9-17(8-13)25-19-18(10-23-25)20(26)24(12-22-19)11-15-3-5-16(21)6-4-15/h3-10,12H,11H2,1-2H3. The molecule has 0 aliphatic carbocycles. The van der Waals surface area contributed by atoms with Crippen molar-refractivity contribution in [2.75, 3.05) is 0 Å². The smallest absolute Gasteiger partial charge is 0.264 e. The van der Waals surface area contributed by atoms with E-state index in [-0.39, 0.29) is 5.56 Å². The quantitative estimate of drug-likeness (QED) is 0.514. The van der Waals surface area contributed by atoms with Crippen molar-refractivity contribution in [2.24, 2.45) is 0 Å². The molecule has 2 heterocycles. The summed E-state index contributed by atoms with van der Waals surface area (Å²) in [6.07, 6.45) is 3.19. The van der Waals surface area contributed by atoms with Crippen LogP contribution in [-0.2, 0) is 6.54 Å². The highest BCUT2D eigenvalue weighted by Gasteiger charge is 2.12. The Labute approximate surface area is 159 Å². The molecule has 0 saturated carbocycles. The zero-order valence-corrected chi connectivity index (χ0v) is 16.1. The third-order valence-corrected chi connectivity index (χ3v) is 4.80. The molecule has 130 valence electrons. The van der Waals surface area contributed by atoms with Gasteiger partial charge in [-0.15, -0.1) is 0 Å². The molecule has 0 unspecified atom stereocenters. The van der Waals surface area contributed by atoms with E-state index in [1.165, 1.54) is 0 Å². The maximum Gasteiger partial charge on any atom is 0.264 e. The van der Waals surface area contributed by atoms with E-state index in [0.717, 1.165) is 26.9 Å². The highest BCUT2D eigenvalue weighted by molar-refractivity contribution is 9.10. The zero-order valence-electron chi connectivity index (χ0n) is 14.5. The van der Waals surface area contributed by atoms with Gasteiger partial charge in [-0.2, -0.15) is 5.10 Å². The van der Waals surface area contributed by atoms with Gasteiger partial charge in [0.25, 0.3) is 5.56 Å². The lowest BCUT2D eigenvalue weighted by Crippen LogP contribution is -2.21. The van der Waals surface area contributed by atoms with Crippen LogP contribution in [0.2, 0.25) is 0 Å². The van der Waals surface area contributed by atoms with Crippen molar-refractivity contribution in [3.8, 4) is 5.69 Å². The van der Waals surface area contributed by atoms with Crippen LogP contribution in [0.1, 0.15) is 16.7 Å². The van der Waals surface area contributed by atoms with Gasteiger partial charge in [-0.3, -0.25) is 9.36 Å². The van der Waals surface area contributed by atoms with E-state index in [1.54, 1.807) is 21.8 Å². The topological polar surface area (TPSA) is 52.7 Å². The minimum atomic E-state index is -0.0893. The van der Waals surface area contributed by atoms with E-state index in [9.17, 15) is 4.79 Å². The summed E-state index contributed by atoms with van der Waals surface area (Å²) in [5, 5.41) is 4.92. The number of hydrogen-bond donors (Lipinski definition) is 0. The number of hydrogen-bond acceptors (Lipinski definition) is 3. The molecule has 2 aromatic heterocycles. The Morgan fingerprint density at radius 1 is 1.04 bits per heavy atom. The summed E-state index contributed by atoms with van der Waals surface area (Å²) >= 11 is 3.42. The molecule has 5 nitrogen and oxygen atoms in total. The van der Waals surface area contributed by atoms with Crippen LogP contribution in [0.25, 0.3) is 16.7 Å². The first-order valence-electron chi connectivity index (χ1n) is 8.27. The van der Waals surface area contributed by atoms with Crippen LogP contribution in [0.15, 0.2) is 64.3 Å². The zero-order chi connectivity index (χ0) is 18.3. The molecular formula is C20H17BrN4O. The first-order chi connectivity index (χ1) is 12.5. The predicted octanol–water partition coefficient (Wildman–Crippen LogP) is 4.01. The second-order valence-corrected chi connectivity index (χ2v) is 7.36. The second-order valence-electron chi connectivity index (χ2n) is 6.44. The number of fused-ring (bicyclic) bond motifs is 1. The molecule has 2 aromatic carbocycles. The van der Waals surface area contributed by atoms with Crippen molar-refractivity contribution >= 4 is 27.0 Å². The lowest BCUT2D eigenvalue weighted by Gasteiger charge is -2.08. The molecular weight excluding hydrogens is 392 g/mol. The number of aromatic nitrogens is 4. The summed E-state index contributed by atoms with van der Waals surface area (Å²) in [7, 11) is 0. The van der Waals surface area contributed by atoms with Crippen molar-refractivity contribution in [2.45, 2.75) is 20.4 Å². The molecule has 0 saturated heterocycles. The normalized spacial score (nSPS) is 11.2. The molecule has 0 radical (unpaired) electrons. The molecule has 0 bridgehead atoms. The highest BCUT2D eigenvalue weighted by atomic mass is 79.9. The summed E-state index contributed by atoms with van der Waals surface area (Å²) in [4.78, 5) is 17.3. The molecule has 0 amide bonds. The number of benzene rings is 2. The number of aryl methyl sites for hydroxylation is 2. The van der Waals surface area contributed by atoms with Crippen LogP contribution >= 0.6 is 15.9 Å². The van der Waals surface area contributed by atoms with Crippen LogP contribution in [-0.4, -0.2) is 19.3 Å². The van der Waals surface area contributed by atoms with E-state index in [2.05, 4.69) is 32.1 Å². The van der Waals surface area contributed by atoms with Crippen LogP contribution in [0, 0.1) is 13.8 Å². The minimum absolute atomic E-state index is 0.0893. The highest BCUT2D eigenvalue weighted by Crippen LogP contribution is 2.17. The van der Waals surface area contributed by atoms with Crippen LogP contribution in [0.5, 0.6) is 0 Å². The molecule has 6 heteroatoms. The van der Waals surface area contributed by atoms with E-state index < -0.39 is 0 Å². The summed E-state index contributed by atoms with van der Waals surface area (Å²) in [5.41, 5.74) is 4.73. The van der Waals surface area contributed by atoms with E-state index in [4.69, 9.17) is 0 Å². The van der Waals surface area contributed by atoms with Crippen molar-refractivity contribution in [1.82, 2.24) is 19.3 Å². The Balaban J connectivity index is 1.78. The first-order valence-corrected chi connectivity index (χ1v) is 9.07. The van der Waals surface area contributed by atoms with Gasteiger partial charge in [0.2, 0.25) is 0 Å². The van der Waals surface area contributed by atoms with E-state index in [1.807, 2.05) is 50.2 Å². The molecule has 0 atom stereocenters.